The molecule has 0 radical (unpaired) electrons. The molecule has 0 fully saturated rings. The van der Waals surface area contributed by atoms with Gasteiger partial charge in [0.15, 0.2) is 0 Å². The quantitative estimate of drug-likeness (QED) is 0.768. The van der Waals surface area contributed by atoms with Crippen molar-refractivity contribution >= 4 is 17.7 Å². The van der Waals surface area contributed by atoms with Gasteiger partial charge in [0.05, 0.1) is 6.54 Å². The molecule has 0 aliphatic rings. The third-order valence-corrected chi connectivity index (χ3v) is 3.21. The molecule has 1 aromatic rings. The Morgan fingerprint density at radius 3 is 2.94 bits per heavy atom. The van der Waals surface area contributed by atoms with Gasteiger partial charge in [-0.25, -0.2) is 4.79 Å². The zero-order chi connectivity index (χ0) is 12.0. The van der Waals surface area contributed by atoms with Crippen molar-refractivity contribution in [1.82, 2.24) is 5.32 Å². The van der Waals surface area contributed by atoms with Gasteiger partial charge < -0.3 is 14.8 Å². The van der Waals surface area contributed by atoms with Crippen molar-refractivity contribution in [2.75, 3.05) is 11.5 Å². The monoisotopic (exact) mass is 243 g/mol. The fourth-order valence-electron chi connectivity index (χ4n) is 1.22. The molecule has 1 heterocycles. The van der Waals surface area contributed by atoms with Crippen LogP contribution in [0, 0.1) is 0 Å². The molecule has 0 saturated carbocycles. The number of hydrogen-bond acceptors (Lipinski definition) is 4. The lowest BCUT2D eigenvalue weighted by atomic mass is 10.3. The van der Waals surface area contributed by atoms with Crippen molar-refractivity contribution in [3.63, 3.8) is 0 Å². The number of nitrogens with one attached hydrogen (secondary N) is 1. The molecule has 2 N–H and O–H groups in total. The van der Waals surface area contributed by atoms with E-state index in [-0.39, 0.29) is 5.76 Å². The van der Waals surface area contributed by atoms with Crippen molar-refractivity contribution in [2.24, 2.45) is 0 Å². The van der Waals surface area contributed by atoms with Gasteiger partial charge in [0, 0.05) is 11.8 Å². The second-order valence-electron chi connectivity index (χ2n) is 3.51. The molecule has 0 saturated heterocycles. The number of aromatic carboxylic acids is 1. The van der Waals surface area contributed by atoms with E-state index in [9.17, 15) is 4.79 Å². The van der Waals surface area contributed by atoms with E-state index in [0.29, 0.717) is 18.3 Å². The predicted octanol–water partition coefficient (Wildman–Crippen LogP) is 2.21. The highest BCUT2D eigenvalue weighted by Gasteiger charge is 2.09. The third-order valence-electron chi connectivity index (χ3n) is 2.07. The van der Waals surface area contributed by atoms with Crippen molar-refractivity contribution in [3.8, 4) is 0 Å². The van der Waals surface area contributed by atoms with Crippen LogP contribution in [0.2, 0.25) is 0 Å². The SMILES string of the molecule is CCSCC(C)NCc1ccc(C(=O)O)o1. The van der Waals surface area contributed by atoms with E-state index in [1.165, 1.54) is 6.07 Å². The number of rotatable bonds is 7. The molecule has 4 nitrogen and oxygen atoms in total. The highest BCUT2D eigenvalue weighted by atomic mass is 32.2. The summed E-state index contributed by atoms with van der Waals surface area (Å²) in [5.74, 6) is 1.78. The van der Waals surface area contributed by atoms with E-state index >= 15 is 0 Å². The Hall–Kier alpha value is -0.940. The normalized spacial score (nSPS) is 12.6. The second-order valence-corrected chi connectivity index (χ2v) is 4.83. The molecule has 1 atom stereocenters. The molecule has 1 unspecified atom stereocenters. The molecule has 0 spiro atoms. The van der Waals surface area contributed by atoms with Gasteiger partial charge in [-0.3, -0.25) is 0 Å². The first-order valence-corrected chi connectivity index (χ1v) is 6.42. The van der Waals surface area contributed by atoms with E-state index in [1.807, 2.05) is 11.8 Å². The number of hydrogen-bond donors (Lipinski definition) is 2. The van der Waals surface area contributed by atoms with Crippen LogP contribution in [0.5, 0.6) is 0 Å². The van der Waals surface area contributed by atoms with Crippen LogP contribution in [0.1, 0.15) is 30.2 Å². The highest BCUT2D eigenvalue weighted by molar-refractivity contribution is 7.99. The molecule has 0 aliphatic heterocycles. The Morgan fingerprint density at radius 1 is 1.62 bits per heavy atom. The van der Waals surface area contributed by atoms with Gasteiger partial charge in [-0.2, -0.15) is 11.8 Å². The molecular formula is C11H17NO3S. The number of furan rings is 1. The minimum absolute atomic E-state index is 0.00705. The van der Waals surface area contributed by atoms with Gasteiger partial charge in [-0.05, 0) is 24.8 Å². The zero-order valence-electron chi connectivity index (χ0n) is 9.53. The van der Waals surface area contributed by atoms with E-state index in [2.05, 4.69) is 19.2 Å². The van der Waals surface area contributed by atoms with Crippen LogP contribution < -0.4 is 5.32 Å². The number of thioether (sulfide) groups is 1. The Bertz CT molecular complexity index is 338. The van der Waals surface area contributed by atoms with Crippen LogP contribution in [0.25, 0.3) is 0 Å². The number of carboxylic acids is 1. The van der Waals surface area contributed by atoms with Crippen LogP contribution in [-0.4, -0.2) is 28.6 Å². The van der Waals surface area contributed by atoms with Gasteiger partial charge in [0.25, 0.3) is 0 Å². The molecule has 0 aromatic carbocycles. The minimum Gasteiger partial charge on any atom is -0.475 e. The van der Waals surface area contributed by atoms with E-state index in [1.54, 1.807) is 6.07 Å². The Morgan fingerprint density at radius 2 is 2.38 bits per heavy atom. The van der Waals surface area contributed by atoms with Crippen molar-refractivity contribution in [1.29, 1.82) is 0 Å². The molecule has 90 valence electrons. The van der Waals surface area contributed by atoms with Gasteiger partial charge in [-0.1, -0.05) is 6.92 Å². The second kappa shape index (κ2) is 6.60. The summed E-state index contributed by atoms with van der Waals surface area (Å²) in [5.41, 5.74) is 0. The summed E-state index contributed by atoms with van der Waals surface area (Å²) in [6.07, 6.45) is 0. The number of carbonyl (C=O) groups is 1. The minimum atomic E-state index is -1.03. The lowest BCUT2D eigenvalue weighted by molar-refractivity contribution is 0.0660. The van der Waals surface area contributed by atoms with Crippen LogP contribution >= 0.6 is 11.8 Å². The topological polar surface area (TPSA) is 62.5 Å². The maximum atomic E-state index is 10.6. The lowest BCUT2D eigenvalue weighted by Crippen LogP contribution is -2.27. The fraction of sp³-hybridized carbons (Fsp3) is 0.545. The van der Waals surface area contributed by atoms with Crippen LogP contribution in [0.4, 0.5) is 0 Å². The predicted molar refractivity (Wildman–Crippen MR) is 65.0 cm³/mol. The third kappa shape index (κ3) is 4.28. The summed E-state index contributed by atoms with van der Waals surface area (Å²) in [6, 6.07) is 3.56. The largest absolute Gasteiger partial charge is 0.475 e. The first-order valence-electron chi connectivity index (χ1n) is 5.26. The molecular weight excluding hydrogens is 226 g/mol. The summed E-state index contributed by atoms with van der Waals surface area (Å²) in [7, 11) is 0. The molecule has 1 rings (SSSR count). The first kappa shape index (κ1) is 13.1. The summed E-state index contributed by atoms with van der Waals surface area (Å²) >= 11 is 1.87. The lowest BCUT2D eigenvalue weighted by Gasteiger charge is -2.11. The fourth-order valence-corrected chi connectivity index (χ4v) is 1.92. The Labute approximate surface area is 99.4 Å². The summed E-state index contributed by atoms with van der Waals surface area (Å²) in [5, 5.41) is 12.0. The maximum Gasteiger partial charge on any atom is 0.371 e. The molecule has 5 heteroatoms. The van der Waals surface area contributed by atoms with Crippen LogP contribution in [0.3, 0.4) is 0 Å². The zero-order valence-corrected chi connectivity index (χ0v) is 10.3. The van der Waals surface area contributed by atoms with E-state index in [4.69, 9.17) is 9.52 Å². The summed E-state index contributed by atoms with van der Waals surface area (Å²) < 4.78 is 5.13. The molecule has 0 amide bonds. The summed E-state index contributed by atoms with van der Waals surface area (Å²) in [6.45, 7) is 4.80. The van der Waals surface area contributed by atoms with Crippen LogP contribution in [0.15, 0.2) is 16.5 Å². The van der Waals surface area contributed by atoms with Crippen LogP contribution in [-0.2, 0) is 6.54 Å². The Balaban J connectivity index is 2.33. The molecule has 0 bridgehead atoms. The van der Waals surface area contributed by atoms with E-state index < -0.39 is 5.97 Å². The standard InChI is InChI=1S/C11H17NO3S/c1-3-16-7-8(2)12-6-9-4-5-10(15-9)11(13)14/h4-5,8,12H,3,6-7H2,1-2H3,(H,13,14). The number of carboxylic acid groups (broad SMARTS) is 1. The van der Waals surface area contributed by atoms with Gasteiger partial charge in [0.1, 0.15) is 5.76 Å². The maximum absolute atomic E-state index is 10.6. The smallest absolute Gasteiger partial charge is 0.371 e. The van der Waals surface area contributed by atoms with Crippen molar-refractivity contribution in [2.45, 2.75) is 26.4 Å². The Kier molecular flexibility index (Phi) is 5.42. The highest BCUT2D eigenvalue weighted by Crippen LogP contribution is 2.08. The average molecular weight is 243 g/mol. The van der Waals surface area contributed by atoms with Gasteiger partial charge in [-0.15, -0.1) is 0 Å². The van der Waals surface area contributed by atoms with Gasteiger partial charge >= 0.3 is 5.97 Å². The summed E-state index contributed by atoms with van der Waals surface area (Å²) in [4.78, 5) is 10.6. The molecule has 1 aromatic heterocycles. The van der Waals surface area contributed by atoms with Crippen molar-refractivity contribution in [3.05, 3.63) is 23.7 Å². The average Bonchev–Trinajstić information content (AvgIpc) is 2.72. The molecule has 16 heavy (non-hydrogen) atoms. The van der Waals surface area contributed by atoms with E-state index in [0.717, 1.165) is 11.5 Å². The van der Waals surface area contributed by atoms with Gasteiger partial charge in [0.2, 0.25) is 5.76 Å². The molecule has 0 aliphatic carbocycles. The first-order chi connectivity index (χ1) is 7.63. The van der Waals surface area contributed by atoms with Crippen molar-refractivity contribution < 1.29 is 14.3 Å².